The molecule has 13 rings (SSSR count). The van der Waals surface area contributed by atoms with Crippen LogP contribution in [0, 0.1) is 17.9 Å². The number of nitrogens with zero attached hydrogens (tertiary/aromatic N) is 5. The average molecular weight is 824 g/mol. The van der Waals surface area contributed by atoms with E-state index in [2.05, 4.69) is 134 Å². The number of hydrogen-bond acceptors (Lipinski definition) is 4. The summed E-state index contributed by atoms with van der Waals surface area (Å²) in [5.74, 6) is 0. The van der Waals surface area contributed by atoms with E-state index in [-0.39, 0.29) is 0 Å². The number of fused-ring (bicyclic) bond motifs is 14. The van der Waals surface area contributed by atoms with Gasteiger partial charge in [-0.1, -0.05) is 140 Å². The molecule has 0 bridgehead atoms. The van der Waals surface area contributed by atoms with Gasteiger partial charge in [0.25, 0.3) is 0 Å². The summed E-state index contributed by atoms with van der Waals surface area (Å²) in [6.45, 7) is 9.33. The number of para-hydroxylation sites is 1. The van der Waals surface area contributed by atoms with Gasteiger partial charge in [-0.25, -0.2) is 4.85 Å². The van der Waals surface area contributed by atoms with Crippen LogP contribution in [0.15, 0.2) is 176 Å². The number of pyridine rings is 1. The van der Waals surface area contributed by atoms with E-state index >= 15 is 0 Å². The maximum absolute atomic E-state index is 11.7. The molecule has 0 unspecified atom stereocenters. The molecular weight excluding hydrogens is 795 g/mol. The molecule has 0 spiro atoms. The highest BCUT2D eigenvalue weighted by molar-refractivity contribution is 7.27. The van der Waals surface area contributed by atoms with Gasteiger partial charge in [-0.05, 0) is 35.4 Å². The van der Waals surface area contributed by atoms with Crippen LogP contribution in [-0.2, 0) is 0 Å². The van der Waals surface area contributed by atoms with Crippen molar-refractivity contribution >= 4 is 112 Å². The first-order valence-electron chi connectivity index (χ1n) is 20.4. The SMILES string of the molecule is [C-]#[N+]c1c(-c2ccccc2)c(C#N)c(-n2c3ccccc3c3cnccc32)c(-c2ccccc2)c1-n1c2c(ccc3c4ccccc4sc32)c2ccc3c4ccccc4sc3c21. The second kappa shape index (κ2) is 13.2. The molecule has 0 aliphatic rings. The van der Waals surface area contributed by atoms with E-state index in [4.69, 9.17) is 0 Å². The molecule has 62 heavy (non-hydrogen) atoms. The van der Waals surface area contributed by atoms with Gasteiger partial charge in [0.15, 0.2) is 0 Å². The lowest BCUT2D eigenvalue weighted by Gasteiger charge is -2.26. The van der Waals surface area contributed by atoms with E-state index in [1.165, 1.54) is 30.9 Å². The summed E-state index contributed by atoms with van der Waals surface area (Å²) in [7, 11) is 0. The standard InChI is InChI=1S/C55H29N5S2/c1-57-49-47(32-14-4-2-5-15-32)41(30-56)50(59-43-21-11-8-18-34(43)42-31-58-29-28-44(42)59)48(33-16-6-3-7-17-33)53(49)60-51-37(24-26-39-35-19-9-12-22-45(35)61-54(39)51)38-25-27-40-36-20-10-13-23-46(36)62-55(40)52(38)60/h2-29,31H. The topological polar surface area (TPSA) is 50.9 Å². The Morgan fingerprint density at radius 2 is 1.00 bits per heavy atom. The van der Waals surface area contributed by atoms with E-state index in [0.29, 0.717) is 16.8 Å². The Morgan fingerprint density at radius 3 is 1.60 bits per heavy atom. The Labute approximate surface area is 362 Å². The molecule has 8 aromatic carbocycles. The predicted octanol–water partition coefficient (Wildman–Crippen LogP) is 15.8. The third-order valence-corrected chi connectivity index (χ3v) is 14.9. The molecule has 0 aliphatic carbocycles. The Balaban J connectivity index is 1.37. The van der Waals surface area contributed by atoms with E-state index in [9.17, 15) is 11.8 Å². The molecule has 0 N–H and O–H groups in total. The largest absolute Gasteiger partial charge is 0.316 e. The van der Waals surface area contributed by atoms with Gasteiger partial charge in [0.2, 0.25) is 5.69 Å². The molecule has 0 fully saturated rings. The van der Waals surface area contributed by atoms with Crippen molar-refractivity contribution in [2.45, 2.75) is 0 Å². The number of aromatic nitrogens is 3. The number of nitriles is 1. The third kappa shape index (κ3) is 4.66. The highest BCUT2D eigenvalue weighted by Gasteiger charge is 2.33. The van der Waals surface area contributed by atoms with Crippen LogP contribution in [0.1, 0.15) is 5.56 Å². The fraction of sp³-hybridized carbons (Fsp3) is 0. The van der Waals surface area contributed by atoms with Crippen LogP contribution in [0.3, 0.4) is 0 Å². The van der Waals surface area contributed by atoms with Gasteiger partial charge in [0.05, 0.1) is 55.0 Å². The molecule has 0 saturated carbocycles. The summed E-state index contributed by atoms with van der Waals surface area (Å²) >= 11 is 3.59. The molecule has 286 valence electrons. The van der Waals surface area contributed by atoms with Gasteiger partial charge in [-0.2, -0.15) is 5.26 Å². The third-order valence-electron chi connectivity index (χ3n) is 12.5. The first-order chi connectivity index (χ1) is 30.7. The van der Waals surface area contributed by atoms with E-state index in [0.717, 1.165) is 81.1 Å². The maximum atomic E-state index is 11.7. The van der Waals surface area contributed by atoms with Gasteiger partial charge in [-0.15, -0.1) is 22.7 Å². The van der Waals surface area contributed by atoms with Crippen LogP contribution < -0.4 is 0 Å². The Bertz CT molecular complexity index is 3940. The van der Waals surface area contributed by atoms with Gasteiger partial charge < -0.3 is 9.13 Å². The molecule has 7 heteroatoms. The zero-order valence-corrected chi connectivity index (χ0v) is 34.4. The molecule has 0 radical (unpaired) electrons. The monoisotopic (exact) mass is 823 g/mol. The summed E-state index contributed by atoms with van der Waals surface area (Å²) in [4.78, 5) is 9.16. The second-order valence-corrected chi connectivity index (χ2v) is 17.7. The molecule has 0 aliphatic heterocycles. The molecule has 0 saturated heterocycles. The molecule has 5 aromatic heterocycles. The van der Waals surface area contributed by atoms with Gasteiger partial charge in [0, 0.05) is 76.0 Å². The minimum absolute atomic E-state index is 0.424. The minimum atomic E-state index is 0.424. The number of benzene rings is 8. The van der Waals surface area contributed by atoms with Crippen molar-refractivity contribution in [3.63, 3.8) is 0 Å². The average Bonchev–Trinajstić information content (AvgIpc) is 4.09. The Morgan fingerprint density at radius 1 is 0.484 bits per heavy atom. The lowest BCUT2D eigenvalue weighted by atomic mass is 9.88. The number of thiophene rings is 2. The predicted molar refractivity (Wildman–Crippen MR) is 261 cm³/mol. The van der Waals surface area contributed by atoms with Crippen molar-refractivity contribution in [2.24, 2.45) is 0 Å². The van der Waals surface area contributed by atoms with Crippen molar-refractivity contribution in [3.05, 3.63) is 193 Å². The Kier molecular flexibility index (Phi) is 7.41. The highest BCUT2D eigenvalue weighted by atomic mass is 32.1. The molecule has 5 heterocycles. The van der Waals surface area contributed by atoms with E-state index in [1.807, 2.05) is 67.0 Å². The summed E-state index contributed by atoms with van der Waals surface area (Å²) in [6.07, 6.45) is 3.74. The normalized spacial score (nSPS) is 11.8. The number of rotatable bonds is 4. The molecule has 13 aromatic rings. The first kappa shape index (κ1) is 34.8. The fourth-order valence-electron chi connectivity index (χ4n) is 9.95. The lowest BCUT2D eigenvalue weighted by molar-refractivity contribution is 1.14. The highest BCUT2D eigenvalue weighted by Crippen LogP contribution is 2.54. The smallest absolute Gasteiger partial charge is 0.220 e. The molecule has 0 amide bonds. The van der Waals surface area contributed by atoms with Crippen molar-refractivity contribution in [3.8, 4) is 39.7 Å². The van der Waals surface area contributed by atoms with Crippen molar-refractivity contribution < 1.29 is 0 Å². The van der Waals surface area contributed by atoms with Crippen LogP contribution >= 0.6 is 22.7 Å². The molecule has 5 nitrogen and oxygen atoms in total. The van der Waals surface area contributed by atoms with Crippen LogP contribution in [0.4, 0.5) is 5.69 Å². The van der Waals surface area contributed by atoms with Gasteiger partial charge in [0.1, 0.15) is 6.07 Å². The van der Waals surface area contributed by atoms with Crippen LogP contribution in [-0.4, -0.2) is 14.1 Å². The molecular formula is C55H29N5S2. The van der Waals surface area contributed by atoms with Crippen LogP contribution in [0.5, 0.6) is 0 Å². The van der Waals surface area contributed by atoms with E-state index in [1.54, 1.807) is 22.7 Å². The van der Waals surface area contributed by atoms with Crippen LogP contribution in [0.2, 0.25) is 0 Å². The van der Waals surface area contributed by atoms with E-state index < -0.39 is 0 Å². The quantitative estimate of drug-likeness (QED) is 0.166. The zero-order chi connectivity index (χ0) is 41.1. The van der Waals surface area contributed by atoms with Gasteiger partial charge in [-0.3, -0.25) is 4.98 Å². The Hall–Kier alpha value is -8.07. The molecule has 0 atom stereocenters. The van der Waals surface area contributed by atoms with Crippen molar-refractivity contribution in [2.75, 3.05) is 0 Å². The zero-order valence-electron chi connectivity index (χ0n) is 32.8. The second-order valence-electron chi connectivity index (χ2n) is 15.6. The summed E-state index contributed by atoms with van der Waals surface area (Å²) in [5, 5.41) is 20.7. The number of hydrogen-bond donors (Lipinski definition) is 0. The first-order valence-corrected chi connectivity index (χ1v) is 22.0. The lowest BCUT2D eigenvalue weighted by Crippen LogP contribution is -2.08. The van der Waals surface area contributed by atoms with Crippen molar-refractivity contribution in [1.29, 1.82) is 5.26 Å². The minimum Gasteiger partial charge on any atom is -0.316 e. The van der Waals surface area contributed by atoms with Crippen LogP contribution in [0.25, 0.3) is 122 Å². The van der Waals surface area contributed by atoms with Gasteiger partial charge >= 0.3 is 0 Å². The van der Waals surface area contributed by atoms with Crippen molar-refractivity contribution in [1.82, 2.24) is 14.1 Å². The summed E-state index contributed by atoms with van der Waals surface area (Å²) in [6, 6.07) is 59.8. The summed E-state index contributed by atoms with van der Waals surface area (Å²) in [5.41, 5.74) is 9.42. The summed E-state index contributed by atoms with van der Waals surface area (Å²) < 4.78 is 9.38. The fourth-order valence-corrected chi connectivity index (χ4v) is 12.4. The maximum Gasteiger partial charge on any atom is 0.220 e.